The molecule has 1 aromatic heterocycles. The lowest BCUT2D eigenvalue weighted by atomic mass is 10.1. The van der Waals surface area contributed by atoms with Gasteiger partial charge < -0.3 is 4.98 Å². The van der Waals surface area contributed by atoms with Gasteiger partial charge in [-0.3, -0.25) is 14.7 Å². The number of nitrogens with one attached hydrogen (secondary N) is 2. The summed E-state index contributed by atoms with van der Waals surface area (Å²) in [5.41, 5.74) is 1.85. The van der Waals surface area contributed by atoms with E-state index in [-0.39, 0.29) is 5.56 Å². The fourth-order valence-corrected chi connectivity index (χ4v) is 2.32. The summed E-state index contributed by atoms with van der Waals surface area (Å²) in [6.07, 6.45) is 3.23. The summed E-state index contributed by atoms with van der Waals surface area (Å²) < 4.78 is 0.432. The normalized spacial score (nSPS) is 16.1. The molecule has 0 atom stereocenters. The van der Waals surface area contributed by atoms with Crippen molar-refractivity contribution < 1.29 is 0 Å². The zero-order chi connectivity index (χ0) is 11.5. The molecule has 16 heavy (non-hydrogen) atoms. The minimum absolute atomic E-state index is 0.0195. The maximum Gasteiger partial charge on any atom is 0.255 e. The van der Waals surface area contributed by atoms with Gasteiger partial charge in [0.2, 0.25) is 0 Å². The van der Waals surface area contributed by atoms with E-state index in [0.29, 0.717) is 4.77 Å². The number of fused-ring (bicyclic) bond motifs is 1. The minimum Gasteiger partial charge on any atom is -0.334 e. The van der Waals surface area contributed by atoms with Crippen LogP contribution in [0.2, 0.25) is 0 Å². The molecule has 0 aromatic carbocycles. The Morgan fingerprint density at radius 1 is 1.44 bits per heavy atom. The van der Waals surface area contributed by atoms with Crippen molar-refractivity contribution in [2.75, 3.05) is 13.1 Å². The zero-order valence-electron chi connectivity index (χ0n) is 9.51. The van der Waals surface area contributed by atoms with E-state index < -0.39 is 0 Å². The fraction of sp³-hybridized carbons (Fsp3) is 0.636. The molecule has 0 amide bonds. The maximum absolute atomic E-state index is 11.6. The molecule has 0 bridgehead atoms. The van der Waals surface area contributed by atoms with Crippen molar-refractivity contribution in [2.45, 2.75) is 32.7 Å². The topological polar surface area (TPSA) is 51.9 Å². The van der Waals surface area contributed by atoms with Gasteiger partial charge >= 0.3 is 0 Å². The third kappa shape index (κ3) is 2.41. The van der Waals surface area contributed by atoms with Crippen molar-refractivity contribution in [3.05, 3.63) is 26.4 Å². The molecule has 0 fully saturated rings. The van der Waals surface area contributed by atoms with E-state index in [1.165, 1.54) is 12.8 Å². The lowest BCUT2D eigenvalue weighted by Crippen LogP contribution is -2.35. The Balaban J connectivity index is 2.20. The second-order valence-corrected chi connectivity index (χ2v) is 4.65. The first kappa shape index (κ1) is 11.5. The first-order chi connectivity index (χ1) is 7.70. The van der Waals surface area contributed by atoms with Crippen LogP contribution in [0.4, 0.5) is 0 Å². The summed E-state index contributed by atoms with van der Waals surface area (Å²) in [6.45, 7) is 5.09. The van der Waals surface area contributed by atoms with Crippen LogP contribution in [0.5, 0.6) is 0 Å². The van der Waals surface area contributed by atoms with Crippen molar-refractivity contribution in [3.8, 4) is 0 Å². The van der Waals surface area contributed by atoms with Crippen LogP contribution in [0.15, 0.2) is 4.79 Å². The Morgan fingerprint density at radius 2 is 2.25 bits per heavy atom. The first-order valence-corrected chi connectivity index (χ1v) is 6.18. The summed E-state index contributed by atoms with van der Waals surface area (Å²) in [5, 5.41) is 0. The standard InChI is InChI=1S/C11H17N3OS/c1-2-3-5-14-6-4-8-9(7-14)12-11(16)13-10(8)15/h2-7H2,1H3,(H2,12,13,15,16). The van der Waals surface area contributed by atoms with E-state index >= 15 is 0 Å². The number of rotatable bonds is 3. The Kier molecular flexibility index (Phi) is 3.56. The van der Waals surface area contributed by atoms with Crippen LogP contribution in [-0.2, 0) is 13.0 Å². The van der Waals surface area contributed by atoms with Crippen LogP contribution in [0.25, 0.3) is 0 Å². The lowest BCUT2D eigenvalue weighted by Gasteiger charge is -2.27. The van der Waals surface area contributed by atoms with E-state index in [9.17, 15) is 4.79 Å². The summed E-state index contributed by atoms with van der Waals surface area (Å²) >= 11 is 4.98. The van der Waals surface area contributed by atoms with Crippen LogP contribution >= 0.6 is 12.2 Å². The first-order valence-electron chi connectivity index (χ1n) is 5.77. The molecule has 0 saturated carbocycles. The fourth-order valence-electron chi connectivity index (χ4n) is 2.10. The smallest absolute Gasteiger partial charge is 0.255 e. The van der Waals surface area contributed by atoms with Crippen LogP contribution in [-0.4, -0.2) is 28.0 Å². The Bertz CT molecular complexity index is 477. The SMILES string of the molecule is CCCCN1CCc2c([nH]c(=S)[nH]c2=O)C1. The summed E-state index contributed by atoms with van der Waals surface area (Å²) in [6, 6.07) is 0. The molecule has 0 saturated heterocycles. The summed E-state index contributed by atoms with van der Waals surface area (Å²) in [5.74, 6) is 0. The lowest BCUT2D eigenvalue weighted by molar-refractivity contribution is 0.245. The molecule has 0 aliphatic carbocycles. The van der Waals surface area contributed by atoms with Gasteiger partial charge in [-0.15, -0.1) is 0 Å². The van der Waals surface area contributed by atoms with E-state index in [0.717, 1.165) is 37.3 Å². The molecule has 2 heterocycles. The number of unbranched alkanes of at least 4 members (excludes halogenated alkanes) is 1. The maximum atomic E-state index is 11.6. The predicted molar refractivity (Wildman–Crippen MR) is 66.1 cm³/mol. The van der Waals surface area contributed by atoms with Gasteiger partial charge in [0.1, 0.15) is 0 Å². The van der Waals surface area contributed by atoms with Gasteiger partial charge in [0, 0.05) is 24.3 Å². The molecule has 1 aliphatic rings. The highest BCUT2D eigenvalue weighted by molar-refractivity contribution is 7.71. The van der Waals surface area contributed by atoms with Gasteiger partial charge in [0.25, 0.3) is 5.56 Å². The van der Waals surface area contributed by atoms with Crippen molar-refractivity contribution in [1.82, 2.24) is 14.9 Å². The third-order valence-corrected chi connectivity index (χ3v) is 3.22. The average molecular weight is 239 g/mol. The van der Waals surface area contributed by atoms with E-state index in [2.05, 4.69) is 21.8 Å². The van der Waals surface area contributed by atoms with Gasteiger partial charge in [0.05, 0.1) is 0 Å². The van der Waals surface area contributed by atoms with E-state index in [1.807, 2.05) is 0 Å². The second-order valence-electron chi connectivity index (χ2n) is 4.25. The average Bonchev–Trinajstić information content (AvgIpc) is 2.25. The highest BCUT2D eigenvalue weighted by Crippen LogP contribution is 2.13. The van der Waals surface area contributed by atoms with E-state index in [1.54, 1.807) is 0 Å². The summed E-state index contributed by atoms with van der Waals surface area (Å²) in [4.78, 5) is 19.8. The van der Waals surface area contributed by atoms with Crippen molar-refractivity contribution >= 4 is 12.2 Å². The molecule has 2 rings (SSSR count). The Morgan fingerprint density at radius 3 is 3.00 bits per heavy atom. The molecule has 0 radical (unpaired) electrons. The molecule has 2 N–H and O–H groups in total. The molecule has 5 heteroatoms. The number of H-pyrrole nitrogens is 2. The molecular weight excluding hydrogens is 222 g/mol. The van der Waals surface area contributed by atoms with Crippen LogP contribution in [0, 0.1) is 4.77 Å². The molecule has 88 valence electrons. The third-order valence-electron chi connectivity index (χ3n) is 3.02. The number of nitrogens with zero attached hydrogens (tertiary/aromatic N) is 1. The highest BCUT2D eigenvalue weighted by atomic mass is 32.1. The van der Waals surface area contributed by atoms with Gasteiger partial charge in [-0.2, -0.15) is 0 Å². The van der Waals surface area contributed by atoms with Crippen molar-refractivity contribution in [2.24, 2.45) is 0 Å². The van der Waals surface area contributed by atoms with Gasteiger partial charge in [-0.05, 0) is 31.6 Å². The molecule has 4 nitrogen and oxygen atoms in total. The molecule has 0 unspecified atom stereocenters. The van der Waals surface area contributed by atoms with Gasteiger partial charge in [-0.25, -0.2) is 0 Å². The molecule has 1 aromatic rings. The summed E-state index contributed by atoms with van der Waals surface area (Å²) in [7, 11) is 0. The number of aromatic amines is 2. The van der Waals surface area contributed by atoms with Gasteiger partial charge in [0.15, 0.2) is 4.77 Å². The van der Waals surface area contributed by atoms with Crippen LogP contribution in [0.1, 0.15) is 31.0 Å². The second kappa shape index (κ2) is 4.93. The van der Waals surface area contributed by atoms with Gasteiger partial charge in [-0.1, -0.05) is 13.3 Å². The van der Waals surface area contributed by atoms with E-state index in [4.69, 9.17) is 12.2 Å². The number of hydrogen-bond acceptors (Lipinski definition) is 3. The number of hydrogen-bond donors (Lipinski definition) is 2. The van der Waals surface area contributed by atoms with Crippen molar-refractivity contribution in [1.29, 1.82) is 0 Å². The Hall–Kier alpha value is -0.940. The highest BCUT2D eigenvalue weighted by Gasteiger charge is 2.18. The quantitative estimate of drug-likeness (QED) is 0.788. The predicted octanol–water partition coefficient (Wildman–Crippen LogP) is 1.59. The van der Waals surface area contributed by atoms with Crippen molar-refractivity contribution in [3.63, 3.8) is 0 Å². The molecule has 0 spiro atoms. The number of aromatic nitrogens is 2. The zero-order valence-corrected chi connectivity index (χ0v) is 10.3. The molecular formula is C11H17N3OS. The monoisotopic (exact) mass is 239 g/mol. The van der Waals surface area contributed by atoms with Crippen LogP contribution < -0.4 is 5.56 Å². The Labute approximate surface area is 99.7 Å². The van der Waals surface area contributed by atoms with Crippen LogP contribution in [0.3, 0.4) is 0 Å². The minimum atomic E-state index is -0.0195. The largest absolute Gasteiger partial charge is 0.334 e. The molecule has 1 aliphatic heterocycles.